The van der Waals surface area contributed by atoms with E-state index in [9.17, 15) is 9.59 Å². The number of rotatable bonds is 4. The molecule has 2 heterocycles. The molecule has 0 spiro atoms. The van der Waals surface area contributed by atoms with Gasteiger partial charge in [-0.1, -0.05) is 11.6 Å². The van der Waals surface area contributed by atoms with E-state index in [1.54, 1.807) is 0 Å². The van der Waals surface area contributed by atoms with Crippen LogP contribution in [-0.4, -0.2) is 41.0 Å². The van der Waals surface area contributed by atoms with E-state index in [2.05, 4.69) is 5.32 Å². The van der Waals surface area contributed by atoms with Crippen LogP contribution in [0.4, 0.5) is 0 Å². The van der Waals surface area contributed by atoms with Gasteiger partial charge in [0.2, 0.25) is 5.91 Å². The SMILES string of the molecule is CC(c1csc(Cl)c1)N1CCNC(=O)C1CC(=O)O. The van der Waals surface area contributed by atoms with E-state index in [0.29, 0.717) is 17.4 Å². The van der Waals surface area contributed by atoms with Crippen molar-refractivity contribution < 1.29 is 14.7 Å². The lowest BCUT2D eigenvalue weighted by Gasteiger charge is -2.38. The van der Waals surface area contributed by atoms with Crippen LogP contribution in [0.3, 0.4) is 0 Å². The highest BCUT2D eigenvalue weighted by atomic mass is 35.5. The van der Waals surface area contributed by atoms with E-state index in [4.69, 9.17) is 16.7 Å². The molecule has 1 saturated heterocycles. The minimum Gasteiger partial charge on any atom is -0.481 e. The molecule has 1 aliphatic heterocycles. The lowest BCUT2D eigenvalue weighted by atomic mass is 10.0. The molecule has 0 aliphatic carbocycles. The van der Waals surface area contributed by atoms with E-state index in [1.165, 1.54) is 11.3 Å². The van der Waals surface area contributed by atoms with Crippen molar-refractivity contribution in [3.05, 3.63) is 21.3 Å². The molecule has 5 nitrogen and oxygen atoms in total. The van der Waals surface area contributed by atoms with Gasteiger partial charge in [0.25, 0.3) is 0 Å². The average Bonchev–Trinajstić information content (AvgIpc) is 2.77. The maximum atomic E-state index is 11.8. The zero-order valence-electron chi connectivity index (χ0n) is 10.4. The number of nitrogens with one attached hydrogen (secondary N) is 1. The molecule has 1 aromatic heterocycles. The molecule has 1 aromatic rings. The maximum Gasteiger partial charge on any atom is 0.305 e. The second kappa shape index (κ2) is 5.90. The summed E-state index contributed by atoms with van der Waals surface area (Å²) in [5.74, 6) is -1.19. The highest BCUT2D eigenvalue weighted by Crippen LogP contribution is 2.30. The zero-order valence-corrected chi connectivity index (χ0v) is 12.0. The molecule has 19 heavy (non-hydrogen) atoms. The lowest BCUT2D eigenvalue weighted by Crippen LogP contribution is -2.56. The number of carboxylic acid groups (broad SMARTS) is 1. The Morgan fingerprint density at radius 2 is 2.47 bits per heavy atom. The number of halogens is 1. The first-order valence-corrected chi connectivity index (χ1v) is 7.24. The van der Waals surface area contributed by atoms with Crippen molar-refractivity contribution in [3.8, 4) is 0 Å². The predicted molar refractivity (Wildman–Crippen MR) is 73.5 cm³/mol. The van der Waals surface area contributed by atoms with Gasteiger partial charge in [0.15, 0.2) is 0 Å². The first-order chi connectivity index (χ1) is 8.99. The van der Waals surface area contributed by atoms with Gasteiger partial charge in [-0.15, -0.1) is 11.3 Å². The number of hydrogen-bond acceptors (Lipinski definition) is 4. The fraction of sp³-hybridized carbons (Fsp3) is 0.500. The van der Waals surface area contributed by atoms with Crippen LogP contribution < -0.4 is 5.32 Å². The fourth-order valence-corrected chi connectivity index (χ4v) is 3.28. The summed E-state index contributed by atoms with van der Waals surface area (Å²) in [7, 11) is 0. The Labute approximate surface area is 120 Å². The van der Waals surface area contributed by atoms with Crippen molar-refractivity contribution in [2.75, 3.05) is 13.1 Å². The van der Waals surface area contributed by atoms with Crippen molar-refractivity contribution >= 4 is 34.8 Å². The summed E-state index contributed by atoms with van der Waals surface area (Å²) in [4.78, 5) is 24.7. The topological polar surface area (TPSA) is 69.6 Å². The first kappa shape index (κ1) is 14.3. The van der Waals surface area contributed by atoms with E-state index < -0.39 is 12.0 Å². The molecule has 104 valence electrons. The minimum absolute atomic E-state index is 0.0286. The number of thiophene rings is 1. The van der Waals surface area contributed by atoms with Crippen LogP contribution in [0, 0.1) is 0 Å². The number of aliphatic carboxylic acids is 1. The Kier molecular flexibility index (Phi) is 4.44. The van der Waals surface area contributed by atoms with Crippen molar-refractivity contribution in [3.63, 3.8) is 0 Å². The highest BCUT2D eigenvalue weighted by molar-refractivity contribution is 7.14. The monoisotopic (exact) mass is 302 g/mol. The van der Waals surface area contributed by atoms with Gasteiger partial charge < -0.3 is 10.4 Å². The lowest BCUT2D eigenvalue weighted by molar-refractivity contribution is -0.143. The third-order valence-electron chi connectivity index (χ3n) is 3.31. The quantitative estimate of drug-likeness (QED) is 0.889. The molecular formula is C12H15ClN2O3S. The largest absolute Gasteiger partial charge is 0.481 e. The van der Waals surface area contributed by atoms with Gasteiger partial charge >= 0.3 is 5.97 Å². The molecule has 0 radical (unpaired) electrons. The van der Waals surface area contributed by atoms with E-state index in [1.807, 2.05) is 23.3 Å². The average molecular weight is 303 g/mol. The Morgan fingerprint density at radius 3 is 3.05 bits per heavy atom. The zero-order chi connectivity index (χ0) is 14.0. The molecular weight excluding hydrogens is 288 g/mol. The molecule has 7 heteroatoms. The van der Waals surface area contributed by atoms with E-state index in [-0.39, 0.29) is 18.4 Å². The van der Waals surface area contributed by atoms with Crippen molar-refractivity contribution in [1.29, 1.82) is 0 Å². The smallest absolute Gasteiger partial charge is 0.305 e. The van der Waals surface area contributed by atoms with Crippen LogP contribution in [0.2, 0.25) is 4.34 Å². The van der Waals surface area contributed by atoms with Crippen LogP contribution in [0.15, 0.2) is 11.4 Å². The van der Waals surface area contributed by atoms with Crippen LogP contribution in [0.1, 0.15) is 24.9 Å². The number of nitrogens with zero attached hydrogens (tertiary/aromatic N) is 1. The second-order valence-electron chi connectivity index (χ2n) is 4.50. The van der Waals surface area contributed by atoms with Gasteiger partial charge in [-0.25, -0.2) is 0 Å². The molecule has 2 atom stereocenters. The Balaban J connectivity index is 2.19. The standard InChI is InChI=1S/C12H15ClN2O3S/c1-7(8-4-10(13)19-6-8)15-3-2-14-12(18)9(15)5-11(16)17/h4,6-7,9H,2-3,5H2,1H3,(H,14,18)(H,16,17). The van der Waals surface area contributed by atoms with Crippen LogP contribution in [0.25, 0.3) is 0 Å². The Morgan fingerprint density at radius 1 is 1.74 bits per heavy atom. The van der Waals surface area contributed by atoms with Crippen LogP contribution >= 0.6 is 22.9 Å². The first-order valence-electron chi connectivity index (χ1n) is 5.98. The minimum atomic E-state index is -0.970. The summed E-state index contributed by atoms with van der Waals surface area (Å²) >= 11 is 7.35. The summed E-state index contributed by atoms with van der Waals surface area (Å²) in [5.41, 5.74) is 1.01. The van der Waals surface area contributed by atoms with Gasteiger partial charge in [0, 0.05) is 19.1 Å². The summed E-state index contributed by atoms with van der Waals surface area (Å²) in [6.07, 6.45) is -0.186. The third-order valence-corrected chi connectivity index (χ3v) is 4.42. The molecule has 2 rings (SSSR count). The van der Waals surface area contributed by atoms with Gasteiger partial charge in [-0.3, -0.25) is 14.5 Å². The van der Waals surface area contributed by atoms with Gasteiger partial charge in [-0.2, -0.15) is 0 Å². The van der Waals surface area contributed by atoms with Crippen molar-refractivity contribution in [2.24, 2.45) is 0 Å². The molecule has 0 saturated carbocycles. The number of carbonyl (C=O) groups is 2. The molecule has 1 aliphatic rings. The summed E-state index contributed by atoms with van der Waals surface area (Å²) in [6, 6.07) is 1.21. The summed E-state index contributed by atoms with van der Waals surface area (Å²) < 4.78 is 0.693. The van der Waals surface area contributed by atoms with Crippen LogP contribution in [0.5, 0.6) is 0 Å². The van der Waals surface area contributed by atoms with E-state index >= 15 is 0 Å². The van der Waals surface area contributed by atoms with Gasteiger partial charge in [-0.05, 0) is 23.9 Å². The number of amides is 1. The summed E-state index contributed by atoms with van der Waals surface area (Å²) in [6.45, 7) is 3.14. The fourth-order valence-electron chi connectivity index (χ4n) is 2.31. The van der Waals surface area contributed by atoms with Gasteiger partial charge in [0.1, 0.15) is 6.04 Å². The summed E-state index contributed by atoms with van der Waals surface area (Å²) in [5, 5.41) is 13.6. The molecule has 0 aromatic carbocycles. The Bertz CT molecular complexity index is 491. The number of piperazine rings is 1. The van der Waals surface area contributed by atoms with E-state index in [0.717, 1.165) is 5.56 Å². The number of carboxylic acids is 1. The molecule has 2 N–H and O–H groups in total. The molecule has 2 unspecified atom stereocenters. The Hall–Kier alpha value is -1.11. The third kappa shape index (κ3) is 3.26. The highest BCUT2D eigenvalue weighted by Gasteiger charge is 2.34. The number of hydrogen-bond donors (Lipinski definition) is 2. The molecule has 0 bridgehead atoms. The predicted octanol–water partition coefficient (Wildman–Crippen LogP) is 1.74. The van der Waals surface area contributed by atoms with Gasteiger partial charge in [0.05, 0.1) is 10.8 Å². The van der Waals surface area contributed by atoms with Crippen molar-refractivity contribution in [2.45, 2.75) is 25.4 Å². The second-order valence-corrected chi connectivity index (χ2v) is 6.05. The maximum absolute atomic E-state index is 11.8. The molecule has 1 amide bonds. The normalized spacial score (nSPS) is 22.0. The number of carbonyl (C=O) groups excluding carboxylic acids is 1. The van der Waals surface area contributed by atoms with Crippen LogP contribution in [-0.2, 0) is 9.59 Å². The van der Waals surface area contributed by atoms with Crippen molar-refractivity contribution in [1.82, 2.24) is 10.2 Å². The molecule has 1 fully saturated rings.